The molecule has 5 heteroatoms. The Morgan fingerprint density at radius 3 is 2.60 bits per heavy atom. The van der Waals surface area contributed by atoms with Crippen molar-refractivity contribution in [3.05, 3.63) is 48.4 Å². The summed E-state index contributed by atoms with van der Waals surface area (Å²) in [5.41, 5.74) is 1.21. The van der Waals surface area contributed by atoms with Crippen LogP contribution in [0.15, 0.2) is 42.9 Å². The minimum absolute atomic E-state index is 0.249. The van der Waals surface area contributed by atoms with Crippen LogP contribution in [-0.2, 0) is 6.54 Å². The van der Waals surface area contributed by atoms with Crippen LogP contribution in [0.25, 0.3) is 0 Å². The van der Waals surface area contributed by atoms with Crippen LogP contribution < -0.4 is 10.1 Å². The van der Waals surface area contributed by atoms with Gasteiger partial charge in [0.1, 0.15) is 5.75 Å². The van der Waals surface area contributed by atoms with Gasteiger partial charge in [-0.15, -0.1) is 0 Å². The van der Waals surface area contributed by atoms with Crippen molar-refractivity contribution in [2.45, 2.75) is 51.1 Å². The van der Waals surface area contributed by atoms with Crippen molar-refractivity contribution in [2.24, 2.45) is 5.92 Å². The van der Waals surface area contributed by atoms with Gasteiger partial charge in [0.05, 0.1) is 6.20 Å². The van der Waals surface area contributed by atoms with Crippen LogP contribution in [0.5, 0.6) is 11.6 Å². The Morgan fingerprint density at radius 1 is 1.12 bits per heavy atom. The van der Waals surface area contributed by atoms with Crippen molar-refractivity contribution >= 4 is 0 Å². The van der Waals surface area contributed by atoms with Crippen molar-refractivity contribution in [3.63, 3.8) is 0 Å². The zero-order chi connectivity index (χ0) is 17.3. The van der Waals surface area contributed by atoms with Gasteiger partial charge in [-0.05, 0) is 42.9 Å². The van der Waals surface area contributed by atoms with E-state index < -0.39 is 0 Å². The van der Waals surface area contributed by atoms with Crippen LogP contribution in [0.3, 0.4) is 0 Å². The topological polar surface area (TPSA) is 67.3 Å². The minimum Gasteiger partial charge on any atom is -0.438 e. The summed E-state index contributed by atoms with van der Waals surface area (Å²) in [6.07, 6.45) is 12.2. The molecule has 0 saturated heterocycles. The quantitative estimate of drug-likeness (QED) is 0.766. The largest absolute Gasteiger partial charge is 0.438 e. The maximum atomic E-state index is 9.37. The first-order valence-electron chi connectivity index (χ1n) is 9.22. The third kappa shape index (κ3) is 5.51. The maximum Gasteiger partial charge on any atom is 0.237 e. The second kappa shape index (κ2) is 9.49. The van der Waals surface area contributed by atoms with Gasteiger partial charge in [0.15, 0.2) is 0 Å². The molecule has 2 aromatic rings. The van der Waals surface area contributed by atoms with E-state index in [2.05, 4.69) is 27.4 Å². The van der Waals surface area contributed by atoms with Crippen molar-refractivity contribution in [3.8, 4) is 11.6 Å². The highest BCUT2D eigenvalue weighted by Crippen LogP contribution is 2.28. The molecule has 1 aliphatic carbocycles. The molecule has 2 N–H and O–H groups in total. The molecule has 3 rings (SSSR count). The standard InChI is InChI=1S/C20H27N3O2/c24-13-10-19(17-4-2-1-3-5-17)23-14-16-6-8-18(9-7-16)25-20-15-21-11-12-22-20/h6-9,11-12,15,17,19,23-24H,1-5,10,13-14H2. The molecule has 1 atom stereocenters. The summed E-state index contributed by atoms with van der Waals surface area (Å²) in [4.78, 5) is 8.10. The number of aromatic nitrogens is 2. The summed E-state index contributed by atoms with van der Waals surface area (Å²) >= 11 is 0. The number of aliphatic hydroxyl groups excluding tert-OH is 1. The summed E-state index contributed by atoms with van der Waals surface area (Å²) in [6.45, 7) is 1.06. The Kier molecular flexibility index (Phi) is 6.77. The smallest absolute Gasteiger partial charge is 0.237 e. The van der Waals surface area contributed by atoms with Crippen molar-refractivity contribution in [2.75, 3.05) is 6.61 Å². The predicted octanol–water partition coefficient (Wildman–Crippen LogP) is 3.69. The molecule has 0 spiro atoms. The molecular formula is C20H27N3O2. The molecular weight excluding hydrogens is 314 g/mol. The molecule has 1 aromatic carbocycles. The molecule has 1 heterocycles. The lowest BCUT2D eigenvalue weighted by Gasteiger charge is -2.31. The zero-order valence-electron chi connectivity index (χ0n) is 14.6. The second-order valence-corrected chi connectivity index (χ2v) is 6.69. The molecule has 1 fully saturated rings. The Balaban J connectivity index is 1.53. The maximum absolute atomic E-state index is 9.37. The number of ether oxygens (including phenoxy) is 1. The van der Waals surface area contributed by atoms with E-state index in [1.54, 1.807) is 18.6 Å². The van der Waals surface area contributed by atoms with Gasteiger partial charge in [-0.2, -0.15) is 0 Å². The number of nitrogens with zero attached hydrogens (tertiary/aromatic N) is 2. The monoisotopic (exact) mass is 341 g/mol. The van der Waals surface area contributed by atoms with E-state index >= 15 is 0 Å². The Labute approximate surface area is 149 Å². The Morgan fingerprint density at radius 2 is 1.92 bits per heavy atom. The van der Waals surface area contributed by atoms with Crippen molar-refractivity contribution in [1.82, 2.24) is 15.3 Å². The van der Waals surface area contributed by atoms with E-state index in [0.29, 0.717) is 17.8 Å². The SMILES string of the molecule is OCCC(NCc1ccc(Oc2cnccn2)cc1)C1CCCCC1. The van der Waals surface area contributed by atoms with E-state index in [4.69, 9.17) is 4.74 Å². The highest BCUT2D eigenvalue weighted by Gasteiger charge is 2.22. The van der Waals surface area contributed by atoms with E-state index in [1.807, 2.05) is 12.1 Å². The van der Waals surface area contributed by atoms with Crippen molar-refractivity contribution < 1.29 is 9.84 Å². The van der Waals surface area contributed by atoms with Crippen LogP contribution in [0.4, 0.5) is 0 Å². The van der Waals surface area contributed by atoms with Gasteiger partial charge in [0.25, 0.3) is 0 Å². The van der Waals surface area contributed by atoms with Gasteiger partial charge < -0.3 is 15.2 Å². The molecule has 1 saturated carbocycles. The molecule has 134 valence electrons. The molecule has 0 radical (unpaired) electrons. The summed E-state index contributed by atoms with van der Waals surface area (Å²) in [7, 11) is 0. The van der Waals surface area contributed by atoms with Gasteiger partial charge in [0.2, 0.25) is 5.88 Å². The fraction of sp³-hybridized carbons (Fsp3) is 0.500. The Hall–Kier alpha value is -1.98. The number of hydrogen-bond donors (Lipinski definition) is 2. The third-order valence-corrected chi connectivity index (χ3v) is 4.91. The second-order valence-electron chi connectivity index (χ2n) is 6.69. The lowest BCUT2D eigenvalue weighted by molar-refractivity contribution is 0.205. The average molecular weight is 341 g/mol. The molecule has 0 aliphatic heterocycles. The molecule has 1 unspecified atom stereocenters. The molecule has 1 aromatic heterocycles. The van der Waals surface area contributed by atoms with Crippen LogP contribution in [0, 0.1) is 5.92 Å². The van der Waals surface area contributed by atoms with E-state index in [9.17, 15) is 5.11 Å². The van der Waals surface area contributed by atoms with Gasteiger partial charge in [-0.1, -0.05) is 31.4 Å². The zero-order valence-corrected chi connectivity index (χ0v) is 14.6. The van der Waals surface area contributed by atoms with Gasteiger partial charge in [-0.3, -0.25) is 4.98 Å². The summed E-state index contributed by atoms with van der Waals surface area (Å²) in [6, 6.07) is 8.44. The first-order chi connectivity index (χ1) is 12.3. The first kappa shape index (κ1) is 17.8. The third-order valence-electron chi connectivity index (χ3n) is 4.91. The number of benzene rings is 1. The minimum atomic E-state index is 0.249. The van der Waals surface area contributed by atoms with Crippen LogP contribution >= 0.6 is 0 Å². The summed E-state index contributed by atoms with van der Waals surface area (Å²) in [5, 5.41) is 13.0. The van der Waals surface area contributed by atoms with Gasteiger partial charge in [-0.25, -0.2) is 4.98 Å². The highest BCUT2D eigenvalue weighted by atomic mass is 16.5. The van der Waals surface area contributed by atoms with Gasteiger partial charge >= 0.3 is 0 Å². The molecule has 1 aliphatic rings. The fourth-order valence-electron chi connectivity index (χ4n) is 3.56. The van der Waals surface area contributed by atoms with Gasteiger partial charge in [0, 0.05) is 31.6 Å². The molecule has 25 heavy (non-hydrogen) atoms. The molecule has 0 bridgehead atoms. The van der Waals surface area contributed by atoms with Crippen LogP contribution in [0.1, 0.15) is 44.1 Å². The van der Waals surface area contributed by atoms with Crippen molar-refractivity contribution in [1.29, 1.82) is 0 Å². The number of aliphatic hydroxyl groups is 1. The fourth-order valence-corrected chi connectivity index (χ4v) is 3.56. The summed E-state index contributed by atoms with van der Waals surface area (Å²) < 4.78 is 5.67. The number of rotatable bonds is 8. The lowest BCUT2D eigenvalue weighted by atomic mass is 9.82. The average Bonchev–Trinajstić information content (AvgIpc) is 2.68. The van der Waals surface area contributed by atoms with E-state index in [0.717, 1.165) is 18.7 Å². The van der Waals surface area contributed by atoms with Crippen LogP contribution in [0.2, 0.25) is 0 Å². The molecule has 0 amide bonds. The van der Waals surface area contributed by atoms with E-state index in [-0.39, 0.29) is 6.61 Å². The number of nitrogens with one attached hydrogen (secondary N) is 1. The highest BCUT2D eigenvalue weighted by molar-refractivity contribution is 5.29. The Bertz CT molecular complexity index is 613. The van der Waals surface area contributed by atoms with Crippen LogP contribution in [-0.4, -0.2) is 27.7 Å². The predicted molar refractivity (Wildman–Crippen MR) is 97.5 cm³/mol. The molecule has 5 nitrogen and oxygen atoms in total. The lowest BCUT2D eigenvalue weighted by Crippen LogP contribution is -2.37. The normalized spacial score (nSPS) is 16.5. The number of hydrogen-bond acceptors (Lipinski definition) is 5. The first-order valence-corrected chi connectivity index (χ1v) is 9.22. The van der Waals surface area contributed by atoms with E-state index in [1.165, 1.54) is 37.7 Å². The summed E-state index contributed by atoms with van der Waals surface area (Å²) in [5.74, 6) is 1.94.